The Morgan fingerprint density at radius 2 is 1.74 bits per heavy atom. The van der Waals surface area contributed by atoms with Gasteiger partial charge in [0.25, 0.3) is 0 Å². The molecule has 1 heterocycles. The molecule has 34 heavy (non-hydrogen) atoms. The van der Waals surface area contributed by atoms with Gasteiger partial charge in [0.05, 0.1) is 17.7 Å². The first-order valence-corrected chi connectivity index (χ1v) is 11.8. The molecular formula is C26H32N4O3S. The number of allylic oxidation sites excluding steroid dienone is 1. The summed E-state index contributed by atoms with van der Waals surface area (Å²) in [6.07, 6.45) is -0.250. The monoisotopic (exact) mass is 480 g/mol. The van der Waals surface area contributed by atoms with E-state index in [0.29, 0.717) is 28.6 Å². The second-order valence-corrected chi connectivity index (χ2v) is 8.97. The number of carbonyl (C=O) groups is 2. The average Bonchev–Trinajstić information content (AvgIpc) is 2.75. The molecule has 3 N–H and O–H groups in total. The Bertz CT molecular complexity index is 1140. The Morgan fingerprint density at radius 3 is 2.35 bits per heavy atom. The second-order valence-electron chi connectivity index (χ2n) is 8.58. The highest BCUT2D eigenvalue weighted by atomic mass is 32.1. The van der Waals surface area contributed by atoms with Crippen LogP contribution in [0.4, 0.5) is 16.2 Å². The fraction of sp³-hybridized carbons (Fsp3) is 0.346. The largest absolute Gasteiger partial charge is 0.459 e. The minimum absolute atomic E-state index is 0.250. The number of hydrogen-bond acceptors (Lipinski definition) is 4. The smallest absolute Gasteiger partial charge is 0.338 e. The lowest BCUT2D eigenvalue weighted by Crippen LogP contribution is -2.47. The van der Waals surface area contributed by atoms with E-state index in [-0.39, 0.29) is 12.1 Å². The lowest BCUT2D eigenvalue weighted by atomic mass is 9.94. The van der Waals surface area contributed by atoms with Crippen LogP contribution in [0.3, 0.4) is 0 Å². The first-order chi connectivity index (χ1) is 16.1. The van der Waals surface area contributed by atoms with E-state index in [1.54, 1.807) is 6.07 Å². The summed E-state index contributed by atoms with van der Waals surface area (Å²) in [5, 5.41) is 9.54. The van der Waals surface area contributed by atoms with Gasteiger partial charge in [-0.25, -0.2) is 9.59 Å². The number of anilines is 2. The summed E-state index contributed by atoms with van der Waals surface area (Å²) < 4.78 is 5.53. The Morgan fingerprint density at radius 1 is 1.06 bits per heavy atom. The van der Waals surface area contributed by atoms with Crippen LogP contribution in [0.1, 0.15) is 50.4 Å². The number of amides is 2. The third-order valence-electron chi connectivity index (χ3n) is 5.72. The highest BCUT2D eigenvalue weighted by molar-refractivity contribution is 7.80. The fourth-order valence-electron chi connectivity index (χ4n) is 3.86. The van der Waals surface area contributed by atoms with Crippen molar-refractivity contribution < 1.29 is 14.3 Å². The third kappa shape index (κ3) is 5.75. The lowest BCUT2D eigenvalue weighted by molar-refractivity contribution is -0.143. The van der Waals surface area contributed by atoms with Gasteiger partial charge in [-0.15, -0.1) is 0 Å². The summed E-state index contributed by atoms with van der Waals surface area (Å²) in [4.78, 5) is 27.5. The first-order valence-electron chi connectivity index (χ1n) is 11.4. The maximum absolute atomic E-state index is 13.0. The third-order valence-corrected chi connectivity index (χ3v) is 6.06. The molecule has 0 bridgehead atoms. The lowest BCUT2D eigenvalue weighted by Gasteiger charge is -2.37. The van der Waals surface area contributed by atoms with Gasteiger partial charge >= 0.3 is 12.0 Å². The number of thiocarbonyl (C=S) groups is 1. The van der Waals surface area contributed by atoms with Crippen molar-refractivity contribution in [2.24, 2.45) is 0 Å². The molecule has 2 aromatic carbocycles. The van der Waals surface area contributed by atoms with Gasteiger partial charge in [-0.2, -0.15) is 0 Å². The summed E-state index contributed by atoms with van der Waals surface area (Å²) in [6, 6.07) is 12.3. The number of carbonyl (C=O) groups excluding carboxylic acids is 2. The molecule has 8 heteroatoms. The van der Waals surface area contributed by atoms with Crippen molar-refractivity contribution in [3.05, 3.63) is 70.4 Å². The van der Waals surface area contributed by atoms with Crippen LogP contribution in [0.5, 0.6) is 0 Å². The zero-order valence-electron chi connectivity index (χ0n) is 20.5. The summed E-state index contributed by atoms with van der Waals surface area (Å²) >= 11 is 5.55. The van der Waals surface area contributed by atoms with Crippen LogP contribution in [0, 0.1) is 13.8 Å². The highest BCUT2D eigenvalue weighted by Gasteiger charge is 2.34. The summed E-state index contributed by atoms with van der Waals surface area (Å²) in [6.45, 7) is 12.1. The molecule has 0 spiro atoms. The SMILES string of the molecule is CCN1C(=S)NC(c2cccc(NC(=O)Nc3ccc(C)c(C)c3)c2)C(C(=O)OC(C)C)=C1C. The van der Waals surface area contributed by atoms with Crippen molar-refractivity contribution in [3.63, 3.8) is 0 Å². The van der Waals surface area contributed by atoms with Crippen LogP contribution in [-0.2, 0) is 9.53 Å². The fourth-order valence-corrected chi connectivity index (χ4v) is 4.25. The number of nitrogens with one attached hydrogen (secondary N) is 3. The highest BCUT2D eigenvalue weighted by Crippen LogP contribution is 2.32. The molecular weight excluding hydrogens is 448 g/mol. The minimum atomic E-state index is -0.494. The van der Waals surface area contributed by atoms with Gasteiger partial charge in [0.2, 0.25) is 0 Å². The van der Waals surface area contributed by atoms with Crippen LogP contribution in [0.15, 0.2) is 53.7 Å². The van der Waals surface area contributed by atoms with Crippen molar-refractivity contribution in [2.75, 3.05) is 17.2 Å². The minimum Gasteiger partial charge on any atom is -0.459 e. The predicted octanol–water partition coefficient (Wildman–Crippen LogP) is 5.42. The van der Waals surface area contributed by atoms with Crippen molar-refractivity contribution in [3.8, 4) is 0 Å². The zero-order chi connectivity index (χ0) is 25.0. The number of esters is 1. The van der Waals surface area contributed by atoms with E-state index >= 15 is 0 Å². The molecule has 1 atom stereocenters. The van der Waals surface area contributed by atoms with Crippen molar-refractivity contribution in [1.29, 1.82) is 0 Å². The van der Waals surface area contributed by atoms with Crippen molar-refractivity contribution in [2.45, 2.75) is 53.7 Å². The Labute approximate surface area is 206 Å². The van der Waals surface area contributed by atoms with Crippen LogP contribution in [0.2, 0.25) is 0 Å². The molecule has 3 rings (SSSR count). The number of nitrogens with zero attached hydrogens (tertiary/aromatic N) is 1. The topological polar surface area (TPSA) is 82.7 Å². The van der Waals surface area contributed by atoms with Gasteiger partial charge in [0.15, 0.2) is 5.11 Å². The zero-order valence-corrected chi connectivity index (χ0v) is 21.3. The van der Waals surface area contributed by atoms with E-state index in [1.807, 2.05) is 82.8 Å². The van der Waals surface area contributed by atoms with E-state index in [1.165, 1.54) is 0 Å². The summed E-state index contributed by atoms with van der Waals surface area (Å²) in [7, 11) is 0. The summed E-state index contributed by atoms with van der Waals surface area (Å²) in [5.74, 6) is -0.392. The number of urea groups is 1. The number of benzene rings is 2. The normalized spacial score (nSPS) is 15.8. The van der Waals surface area contributed by atoms with Gasteiger partial charge in [0.1, 0.15) is 0 Å². The molecule has 2 aromatic rings. The van der Waals surface area contributed by atoms with Crippen LogP contribution >= 0.6 is 12.2 Å². The molecule has 0 fully saturated rings. The predicted molar refractivity (Wildman–Crippen MR) is 140 cm³/mol. The van der Waals surface area contributed by atoms with E-state index in [2.05, 4.69) is 16.0 Å². The van der Waals surface area contributed by atoms with Gasteiger partial charge < -0.3 is 25.6 Å². The first kappa shape index (κ1) is 25.2. The van der Waals surface area contributed by atoms with Gasteiger partial charge in [0, 0.05) is 23.6 Å². The molecule has 0 aromatic heterocycles. The quantitative estimate of drug-likeness (QED) is 0.378. The average molecular weight is 481 g/mol. The van der Waals surface area contributed by atoms with Crippen molar-refractivity contribution >= 4 is 40.7 Å². The van der Waals surface area contributed by atoms with Crippen LogP contribution < -0.4 is 16.0 Å². The second kappa shape index (κ2) is 10.7. The van der Waals surface area contributed by atoms with E-state index < -0.39 is 12.0 Å². The Hall–Kier alpha value is -3.39. The molecule has 0 saturated carbocycles. The van der Waals surface area contributed by atoms with Gasteiger partial charge in [-0.05, 0) is 94.7 Å². The van der Waals surface area contributed by atoms with E-state index in [0.717, 1.165) is 22.4 Å². The molecule has 1 unspecified atom stereocenters. The molecule has 0 aliphatic carbocycles. The standard InChI is InChI=1S/C26H32N4O3S/c1-7-30-18(6)22(24(31)33-15(2)3)23(29-26(30)34)19-9-8-10-20(14-19)27-25(32)28-21-12-11-16(4)17(5)13-21/h8-15,23H,7H2,1-6H3,(H,29,34)(H2,27,28,32). The molecule has 1 aliphatic rings. The van der Waals surface area contributed by atoms with Gasteiger partial charge in [-0.1, -0.05) is 18.2 Å². The number of hydrogen-bond donors (Lipinski definition) is 3. The molecule has 0 saturated heterocycles. The maximum atomic E-state index is 13.0. The molecule has 7 nitrogen and oxygen atoms in total. The molecule has 0 radical (unpaired) electrons. The summed E-state index contributed by atoms with van der Waals surface area (Å²) in [5.41, 5.74) is 5.62. The van der Waals surface area contributed by atoms with E-state index in [4.69, 9.17) is 17.0 Å². The Balaban J connectivity index is 1.86. The molecule has 2 amide bonds. The number of rotatable bonds is 6. The molecule has 1 aliphatic heterocycles. The van der Waals surface area contributed by atoms with Crippen LogP contribution in [-0.4, -0.2) is 34.7 Å². The maximum Gasteiger partial charge on any atom is 0.338 e. The number of ether oxygens (including phenoxy) is 1. The Kier molecular flexibility index (Phi) is 7.94. The van der Waals surface area contributed by atoms with Crippen LogP contribution in [0.25, 0.3) is 0 Å². The molecule has 180 valence electrons. The van der Waals surface area contributed by atoms with Crippen molar-refractivity contribution in [1.82, 2.24) is 10.2 Å². The van der Waals surface area contributed by atoms with Gasteiger partial charge in [-0.3, -0.25) is 0 Å². The number of aryl methyl sites for hydroxylation is 2. The van der Waals surface area contributed by atoms with E-state index in [9.17, 15) is 9.59 Å².